The maximum atomic E-state index is 11.1. The lowest BCUT2D eigenvalue weighted by Crippen LogP contribution is -2.57. The van der Waals surface area contributed by atoms with Crippen LogP contribution in [-0.4, -0.2) is 11.7 Å². The largest absolute Gasteiger partial charge is 0.385 e. The molecule has 1 rings (SSSR count). The first kappa shape index (κ1) is 13.4. The van der Waals surface area contributed by atoms with E-state index in [4.69, 9.17) is 22.6 Å². The number of amides is 1. The molecule has 0 bridgehead atoms. The van der Waals surface area contributed by atoms with E-state index < -0.39 is 17.3 Å². The Balaban J connectivity index is 0.00000196. The highest BCUT2D eigenvalue weighted by Gasteiger charge is 2.37. The summed E-state index contributed by atoms with van der Waals surface area (Å²) < 4.78 is 0. The lowest BCUT2D eigenvalue weighted by molar-refractivity contribution is -0.121. The molecular weight excluding hydrogens is 216 g/mol. The Labute approximate surface area is 93.5 Å². The van der Waals surface area contributed by atoms with Gasteiger partial charge in [-0.05, 0) is 5.56 Å². The van der Waals surface area contributed by atoms with Crippen LogP contribution < -0.4 is 17.2 Å². The second kappa shape index (κ2) is 4.77. The maximum absolute atomic E-state index is 11.1. The summed E-state index contributed by atoms with van der Waals surface area (Å²) >= 11 is 0. The van der Waals surface area contributed by atoms with Gasteiger partial charge in [0.1, 0.15) is 5.84 Å². The van der Waals surface area contributed by atoms with Gasteiger partial charge in [0.05, 0.1) is 0 Å². The lowest BCUT2D eigenvalue weighted by Gasteiger charge is -2.24. The van der Waals surface area contributed by atoms with Crippen LogP contribution in [0.2, 0.25) is 0 Å². The minimum Gasteiger partial charge on any atom is -0.385 e. The van der Waals surface area contributed by atoms with Gasteiger partial charge in [-0.1, -0.05) is 30.3 Å². The molecule has 0 aliphatic heterocycles. The Morgan fingerprint density at radius 3 is 2.00 bits per heavy atom. The normalized spacial score (nSPS) is 13.4. The van der Waals surface area contributed by atoms with Crippen molar-refractivity contribution in [1.29, 1.82) is 5.41 Å². The number of hydrogen-bond donors (Lipinski definition) is 4. The number of primary amides is 1. The molecule has 1 atom stereocenters. The first-order valence-corrected chi connectivity index (χ1v) is 3.98. The van der Waals surface area contributed by atoms with E-state index in [9.17, 15) is 4.79 Å². The number of benzene rings is 1. The zero-order chi connectivity index (χ0) is 10.8. The van der Waals surface area contributed by atoms with Crippen LogP contribution in [0, 0.1) is 5.41 Å². The molecule has 0 fully saturated rings. The molecule has 0 spiro atoms. The van der Waals surface area contributed by atoms with Crippen LogP contribution in [-0.2, 0) is 10.3 Å². The highest BCUT2D eigenvalue weighted by molar-refractivity contribution is 6.10. The van der Waals surface area contributed by atoms with Crippen LogP contribution in [0.5, 0.6) is 0 Å². The number of rotatable bonds is 3. The van der Waals surface area contributed by atoms with Gasteiger partial charge >= 0.3 is 0 Å². The topological polar surface area (TPSA) is 119 Å². The SMILES string of the molecule is Cl.N=C(N)C(N)(C(N)=O)c1ccccc1. The molecule has 1 unspecified atom stereocenters. The standard InChI is InChI=1S/C9H12N4O.ClH/c10-7(11)9(13,8(12)14)6-4-2-1-3-5-6;/h1-5H,13H2,(H3,10,11)(H2,12,14);1H. The van der Waals surface area contributed by atoms with E-state index in [0.29, 0.717) is 5.56 Å². The van der Waals surface area contributed by atoms with Crippen LogP contribution in [0.15, 0.2) is 30.3 Å². The smallest absolute Gasteiger partial charge is 0.250 e. The van der Waals surface area contributed by atoms with E-state index in [2.05, 4.69) is 0 Å². The molecule has 0 aliphatic rings. The quantitative estimate of drug-likeness (QED) is 0.419. The molecule has 0 heterocycles. The number of carbonyl (C=O) groups is 1. The number of nitrogens with one attached hydrogen (secondary N) is 1. The van der Waals surface area contributed by atoms with E-state index in [-0.39, 0.29) is 12.4 Å². The Hall–Kier alpha value is -1.59. The third-order valence-electron chi connectivity index (χ3n) is 2.04. The van der Waals surface area contributed by atoms with Crippen molar-refractivity contribution in [2.75, 3.05) is 0 Å². The molecule has 0 saturated heterocycles. The average molecular weight is 229 g/mol. The third-order valence-corrected chi connectivity index (χ3v) is 2.04. The van der Waals surface area contributed by atoms with E-state index in [1.54, 1.807) is 30.3 Å². The first-order valence-electron chi connectivity index (χ1n) is 3.98. The highest BCUT2D eigenvalue weighted by Crippen LogP contribution is 2.16. The zero-order valence-electron chi connectivity index (χ0n) is 7.94. The van der Waals surface area contributed by atoms with Crippen LogP contribution in [0.4, 0.5) is 0 Å². The fourth-order valence-corrected chi connectivity index (χ4v) is 1.13. The number of amidine groups is 1. The molecular formula is C9H13ClN4O. The van der Waals surface area contributed by atoms with Crippen molar-refractivity contribution in [2.24, 2.45) is 17.2 Å². The number of hydrogen-bond acceptors (Lipinski definition) is 3. The fourth-order valence-electron chi connectivity index (χ4n) is 1.13. The molecule has 0 radical (unpaired) electrons. The van der Waals surface area contributed by atoms with Crippen molar-refractivity contribution < 1.29 is 4.79 Å². The molecule has 1 aromatic carbocycles. The van der Waals surface area contributed by atoms with Gasteiger partial charge in [-0.2, -0.15) is 0 Å². The molecule has 15 heavy (non-hydrogen) atoms. The van der Waals surface area contributed by atoms with Crippen LogP contribution >= 0.6 is 12.4 Å². The van der Waals surface area contributed by atoms with Crippen LogP contribution in [0.25, 0.3) is 0 Å². The van der Waals surface area contributed by atoms with Gasteiger partial charge in [0.2, 0.25) is 5.91 Å². The van der Waals surface area contributed by atoms with Gasteiger partial charge in [-0.15, -0.1) is 12.4 Å². The predicted molar refractivity (Wildman–Crippen MR) is 60.7 cm³/mol. The van der Waals surface area contributed by atoms with Crippen molar-refractivity contribution in [1.82, 2.24) is 0 Å². The number of halogens is 1. The molecule has 7 N–H and O–H groups in total. The second-order valence-electron chi connectivity index (χ2n) is 2.95. The molecule has 5 nitrogen and oxygen atoms in total. The third kappa shape index (κ3) is 2.26. The molecule has 0 saturated carbocycles. The predicted octanol–water partition coefficient (Wildman–Crippen LogP) is -0.316. The first-order chi connectivity index (χ1) is 6.49. The van der Waals surface area contributed by atoms with Crippen LogP contribution in [0.3, 0.4) is 0 Å². The molecule has 0 aromatic heterocycles. The molecule has 1 aromatic rings. The monoisotopic (exact) mass is 228 g/mol. The summed E-state index contributed by atoms with van der Waals surface area (Å²) in [5.74, 6) is -1.30. The minimum absolute atomic E-state index is 0. The summed E-state index contributed by atoms with van der Waals surface area (Å²) in [6.07, 6.45) is 0. The fraction of sp³-hybridized carbons (Fsp3) is 0.111. The van der Waals surface area contributed by atoms with Crippen molar-refractivity contribution >= 4 is 24.1 Å². The van der Waals surface area contributed by atoms with Crippen LogP contribution in [0.1, 0.15) is 5.56 Å². The highest BCUT2D eigenvalue weighted by atomic mass is 35.5. The van der Waals surface area contributed by atoms with Gasteiger partial charge in [-0.25, -0.2) is 0 Å². The molecule has 82 valence electrons. The van der Waals surface area contributed by atoms with Crippen molar-refractivity contribution in [3.63, 3.8) is 0 Å². The van der Waals surface area contributed by atoms with Gasteiger partial charge in [0.15, 0.2) is 5.54 Å². The van der Waals surface area contributed by atoms with Gasteiger partial charge < -0.3 is 17.2 Å². The summed E-state index contributed by atoms with van der Waals surface area (Å²) in [6, 6.07) is 8.37. The Bertz CT molecular complexity index is 352. The molecule has 1 amide bonds. The number of nitrogens with two attached hydrogens (primary N) is 3. The van der Waals surface area contributed by atoms with Gasteiger partial charge in [0, 0.05) is 0 Å². The van der Waals surface area contributed by atoms with E-state index >= 15 is 0 Å². The van der Waals surface area contributed by atoms with Crippen molar-refractivity contribution in [3.05, 3.63) is 35.9 Å². The van der Waals surface area contributed by atoms with Gasteiger partial charge in [-0.3, -0.25) is 10.2 Å². The summed E-state index contributed by atoms with van der Waals surface area (Å²) in [4.78, 5) is 11.1. The summed E-state index contributed by atoms with van der Waals surface area (Å²) in [6.45, 7) is 0. The van der Waals surface area contributed by atoms with Gasteiger partial charge in [0.25, 0.3) is 0 Å². The van der Waals surface area contributed by atoms with E-state index in [0.717, 1.165) is 0 Å². The Morgan fingerprint density at radius 2 is 1.67 bits per heavy atom. The second-order valence-corrected chi connectivity index (χ2v) is 2.95. The molecule has 0 aliphatic carbocycles. The minimum atomic E-state index is -1.71. The Kier molecular flexibility index (Phi) is 4.26. The number of carbonyl (C=O) groups excluding carboxylic acids is 1. The zero-order valence-corrected chi connectivity index (χ0v) is 8.75. The molecule has 6 heteroatoms. The average Bonchev–Trinajstić information content (AvgIpc) is 2.17. The maximum Gasteiger partial charge on any atom is 0.250 e. The summed E-state index contributed by atoms with van der Waals surface area (Å²) in [7, 11) is 0. The lowest BCUT2D eigenvalue weighted by atomic mass is 9.89. The van der Waals surface area contributed by atoms with Crippen molar-refractivity contribution in [3.8, 4) is 0 Å². The Morgan fingerprint density at radius 1 is 1.20 bits per heavy atom. The summed E-state index contributed by atoms with van der Waals surface area (Å²) in [5.41, 5.74) is 14.8. The van der Waals surface area contributed by atoms with Crippen molar-refractivity contribution in [2.45, 2.75) is 5.54 Å². The van der Waals surface area contributed by atoms with E-state index in [1.165, 1.54) is 0 Å². The summed E-state index contributed by atoms with van der Waals surface area (Å²) in [5, 5.41) is 7.27. The van der Waals surface area contributed by atoms with E-state index in [1.807, 2.05) is 0 Å².